The average molecular weight is 425 g/mol. The van der Waals surface area contributed by atoms with Crippen LogP contribution in [0.2, 0.25) is 0 Å². The highest BCUT2D eigenvalue weighted by atomic mass is 79.9. The Bertz CT molecular complexity index is 988. The Balaban J connectivity index is 1.41. The van der Waals surface area contributed by atoms with Gasteiger partial charge in [0.05, 0.1) is 11.4 Å². The smallest absolute Gasteiger partial charge is 0.237 e. The van der Waals surface area contributed by atoms with E-state index in [1.165, 1.54) is 11.8 Å². The standard InChI is InChI=1S/C19H13BrN4OS/c20-15-8-6-14(7-9-15)19-21-17(25-24-19)12-26-18-11-10-16(22-23-18)13-4-2-1-3-5-13/h1-11H,12H2. The minimum absolute atomic E-state index is 0.545. The molecule has 0 aliphatic rings. The van der Waals surface area contributed by atoms with Gasteiger partial charge in [-0.3, -0.25) is 0 Å². The zero-order chi connectivity index (χ0) is 17.8. The molecule has 0 saturated heterocycles. The summed E-state index contributed by atoms with van der Waals surface area (Å²) in [7, 11) is 0. The lowest BCUT2D eigenvalue weighted by atomic mass is 10.1. The number of aromatic nitrogens is 4. The third kappa shape index (κ3) is 4.00. The van der Waals surface area contributed by atoms with Crippen LogP contribution < -0.4 is 0 Å². The Kier molecular flexibility index (Phi) is 5.08. The van der Waals surface area contributed by atoms with Gasteiger partial charge in [0.25, 0.3) is 0 Å². The molecule has 2 aromatic heterocycles. The molecular formula is C19H13BrN4OS. The Hall–Kier alpha value is -2.51. The molecule has 128 valence electrons. The molecule has 0 bridgehead atoms. The molecule has 0 amide bonds. The highest BCUT2D eigenvalue weighted by Gasteiger charge is 2.10. The molecule has 0 saturated carbocycles. The lowest BCUT2D eigenvalue weighted by molar-refractivity contribution is 0.391. The van der Waals surface area contributed by atoms with Gasteiger partial charge in [0.1, 0.15) is 5.03 Å². The van der Waals surface area contributed by atoms with E-state index in [0.29, 0.717) is 17.5 Å². The maximum atomic E-state index is 5.32. The number of hydrogen-bond acceptors (Lipinski definition) is 6. The molecule has 0 N–H and O–H groups in total. The largest absolute Gasteiger partial charge is 0.338 e. The molecule has 26 heavy (non-hydrogen) atoms. The fourth-order valence-electron chi connectivity index (χ4n) is 2.33. The van der Waals surface area contributed by atoms with Crippen molar-refractivity contribution in [1.82, 2.24) is 20.3 Å². The molecule has 0 unspecified atom stereocenters. The molecule has 0 spiro atoms. The van der Waals surface area contributed by atoms with Gasteiger partial charge in [-0.1, -0.05) is 63.2 Å². The summed E-state index contributed by atoms with van der Waals surface area (Å²) in [5.74, 6) is 1.68. The third-order valence-corrected chi connectivity index (χ3v) is 5.06. The van der Waals surface area contributed by atoms with Crippen molar-refractivity contribution in [3.8, 4) is 22.6 Å². The Morgan fingerprint density at radius 3 is 2.38 bits per heavy atom. The van der Waals surface area contributed by atoms with Gasteiger partial charge in [0, 0.05) is 15.6 Å². The molecule has 4 aromatic rings. The monoisotopic (exact) mass is 424 g/mol. The normalized spacial score (nSPS) is 10.8. The van der Waals surface area contributed by atoms with Crippen LogP contribution in [0.5, 0.6) is 0 Å². The van der Waals surface area contributed by atoms with Gasteiger partial charge in [-0.2, -0.15) is 4.98 Å². The van der Waals surface area contributed by atoms with Gasteiger partial charge in [0.15, 0.2) is 0 Å². The maximum Gasteiger partial charge on any atom is 0.237 e. The molecule has 0 atom stereocenters. The Morgan fingerprint density at radius 1 is 0.846 bits per heavy atom. The van der Waals surface area contributed by atoms with Crippen molar-refractivity contribution in [2.24, 2.45) is 0 Å². The van der Waals surface area contributed by atoms with Crippen molar-refractivity contribution >= 4 is 27.7 Å². The number of thioether (sulfide) groups is 1. The Labute approximate surface area is 163 Å². The van der Waals surface area contributed by atoms with Crippen LogP contribution in [0.3, 0.4) is 0 Å². The highest BCUT2D eigenvalue weighted by molar-refractivity contribution is 9.10. The van der Waals surface area contributed by atoms with Gasteiger partial charge in [0.2, 0.25) is 11.7 Å². The highest BCUT2D eigenvalue weighted by Crippen LogP contribution is 2.24. The van der Waals surface area contributed by atoms with Crippen LogP contribution in [0.1, 0.15) is 5.89 Å². The van der Waals surface area contributed by atoms with Crippen molar-refractivity contribution < 1.29 is 4.52 Å². The predicted octanol–water partition coefficient (Wildman–Crippen LogP) is 5.25. The van der Waals surface area contributed by atoms with Crippen molar-refractivity contribution in [3.63, 3.8) is 0 Å². The molecule has 0 radical (unpaired) electrons. The van der Waals surface area contributed by atoms with Crippen molar-refractivity contribution in [2.45, 2.75) is 10.8 Å². The van der Waals surface area contributed by atoms with Gasteiger partial charge >= 0.3 is 0 Å². The topological polar surface area (TPSA) is 64.7 Å². The fraction of sp³-hybridized carbons (Fsp3) is 0.0526. The van der Waals surface area contributed by atoms with Gasteiger partial charge < -0.3 is 4.52 Å². The minimum atomic E-state index is 0.545. The quantitative estimate of drug-likeness (QED) is 0.407. The summed E-state index contributed by atoms with van der Waals surface area (Å²) >= 11 is 4.92. The summed E-state index contributed by atoms with van der Waals surface area (Å²) in [4.78, 5) is 4.43. The first-order valence-electron chi connectivity index (χ1n) is 7.88. The molecule has 7 heteroatoms. The van der Waals surface area contributed by atoms with Crippen LogP contribution in [0, 0.1) is 0 Å². The first kappa shape index (κ1) is 16.9. The average Bonchev–Trinajstić information content (AvgIpc) is 3.17. The van der Waals surface area contributed by atoms with Crippen molar-refractivity contribution in [1.29, 1.82) is 0 Å². The summed E-state index contributed by atoms with van der Waals surface area (Å²) in [5, 5.41) is 13.4. The summed E-state index contributed by atoms with van der Waals surface area (Å²) in [5.41, 5.74) is 2.82. The second-order valence-electron chi connectivity index (χ2n) is 5.43. The van der Waals surface area contributed by atoms with E-state index in [2.05, 4.69) is 36.3 Å². The van der Waals surface area contributed by atoms with Crippen LogP contribution in [0.4, 0.5) is 0 Å². The van der Waals surface area contributed by atoms with Crippen molar-refractivity contribution in [2.75, 3.05) is 0 Å². The van der Waals surface area contributed by atoms with Crippen LogP contribution in [0.15, 0.2) is 80.8 Å². The van der Waals surface area contributed by atoms with E-state index in [-0.39, 0.29) is 0 Å². The number of halogens is 1. The number of benzene rings is 2. The lowest BCUT2D eigenvalue weighted by Gasteiger charge is -2.01. The molecule has 5 nitrogen and oxygen atoms in total. The van der Waals surface area contributed by atoms with Gasteiger partial charge in [-0.05, 0) is 36.4 Å². The fourth-order valence-corrected chi connectivity index (χ4v) is 3.24. The molecule has 2 heterocycles. The molecule has 2 aromatic carbocycles. The first-order valence-corrected chi connectivity index (χ1v) is 9.66. The van der Waals surface area contributed by atoms with Crippen LogP contribution in [-0.4, -0.2) is 20.3 Å². The number of hydrogen-bond donors (Lipinski definition) is 0. The molecular weight excluding hydrogens is 412 g/mol. The van der Waals surface area contributed by atoms with Crippen molar-refractivity contribution in [3.05, 3.63) is 77.1 Å². The van der Waals surface area contributed by atoms with Gasteiger partial charge in [-0.15, -0.1) is 10.2 Å². The molecule has 0 aliphatic carbocycles. The second kappa shape index (κ2) is 7.80. The number of rotatable bonds is 5. The SMILES string of the molecule is Brc1ccc(-c2noc(CSc3ccc(-c4ccccc4)nn3)n2)cc1. The third-order valence-electron chi connectivity index (χ3n) is 3.62. The lowest BCUT2D eigenvalue weighted by Crippen LogP contribution is -1.90. The molecule has 0 fully saturated rings. The summed E-state index contributed by atoms with van der Waals surface area (Å²) in [6, 6.07) is 21.7. The van der Waals surface area contributed by atoms with E-state index in [0.717, 1.165) is 26.3 Å². The van der Waals surface area contributed by atoms with E-state index < -0.39 is 0 Å². The van der Waals surface area contributed by atoms with E-state index >= 15 is 0 Å². The molecule has 0 aliphatic heterocycles. The van der Waals surface area contributed by atoms with E-state index in [9.17, 15) is 0 Å². The second-order valence-corrected chi connectivity index (χ2v) is 7.34. The number of nitrogens with zero attached hydrogens (tertiary/aromatic N) is 4. The van der Waals surface area contributed by atoms with Crippen LogP contribution >= 0.6 is 27.7 Å². The summed E-state index contributed by atoms with van der Waals surface area (Å²) in [6.07, 6.45) is 0. The van der Waals surface area contributed by atoms with Crippen LogP contribution in [0.25, 0.3) is 22.6 Å². The zero-order valence-electron chi connectivity index (χ0n) is 13.5. The van der Waals surface area contributed by atoms with E-state index in [1.54, 1.807) is 0 Å². The Morgan fingerprint density at radius 2 is 1.65 bits per heavy atom. The van der Waals surface area contributed by atoms with Gasteiger partial charge in [-0.25, -0.2) is 0 Å². The minimum Gasteiger partial charge on any atom is -0.338 e. The summed E-state index contributed by atoms with van der Waals surface area (Å²) < 4.78 is 6.33. The van der Waals surface area contributed by atoms with Crippen LogP contribution in [-0.2, 0) is 5.75 Å². The van der Waals surface area contributed by atoms with E-state index in [1.807, 2.05) is 66.7 Å². The summed E-state index contributed by atoms with van der Waals surface area (Å²) in [6.45, 7) is 0. The zero-order valence-corrected chi connectivity index (χ0v) is 15.9. The predicted molar refractivity (Wildman–Crippen MR) is 104 cm³/mol. The van der Waals surface area contributed by atoms with E-state index in [4.69, 9.17) is 4.52 Å². The first-order chi connectivity index (χ1) is 12.8. The maximum absolute atomic E-state index is 5.32. The molecule has 4 rings (SSSR count).